The van der Waals surface area contributed by atoms with Crippen LogP contribution in [0.2, 0.25) is 0 Å². The average molecular weight is 508 g/mol. The first-order valence-corrected chi connectivity index (χ1v) is 13.0. The molecule has 198 valence electrons. The second kappa shape index (κ2) is 12.6. The zero-order valence-electron chi connectivity index (χ0n) is 21.4. The van der Waals surface area contributed by atoms with E-state index in [1.165, 1.54) is 7.11 Å². The van der Waals surface area contributed by atoms with Crippen molar-refractivity contribution in [1.82, 2.24) is 10.2 Å². The minimum atomic E-state index is -0.602. The third-order valence-electron chi connectivity index (χ3n) is 7.18. The number of nitrogens with two attached hydrogens (primary N) is 1. The zero-order chi connectivity index (χ0) is 26.2. The quantitative estimate of drug-likeness (QED) is 0.553. The first-order chi connectivity index (χ1) is 17.9. The Morgan fingerprint density at radius 3 is 2.46 bits per heavy atom. The largest absolute Gasteiger partial charge is 0.453 e. The highest BCUT2D eigenvalue weighted by molar-refractivity contribution is 5.98. The van der Waals surface area contributed by atoms with Crippen molar-refractivity contribution in [3.8, 4) is 0 Å². The van der Waals surface area contributed by atoms with E-state index < -0.39 is 6.09 Å². The molecule has 2 aromatic carbocycles. The molecule has 1 saturated carbocycles. The van der Waals surface area contributed by atoms with Gasteiger partial charge in [-0.2, -0.15) is 0 Å². The highest BCUT2D eigenvalue weighted by Gasteiger charge is 2.24. The number of rotatable bonds is 6. The van der Waals surface area contributed by atoms with Crippen molar-refractivity contribution < 1.29 is 19.1 Å². The SMILES string of the molecule is COC(=O)Nc1cc(C(=O)NC2CCC(N)CC2)ccc1N1CCCN(C(=O)Cc2ccccc2)CC1. The number of carbonyl (C=O) groups is 3. The number of hydrogen-bond donors (Lipinski definition) is 3. The first kappa shape index (κ1) is 26.5. The molecule has 1 heterocycles. The maximum atomic E-state index is 13.0. The van der Waals surface area contributed by atoms with Crippen LogP contribution < -0.4 is 21.3 Å². The summed E-state index contributed by atoms with van der Waals surface area (Å²) in [6.45, 7) is 2.59. The van der Waals surface area contributed by atoms with Crippen LogP contribution in [0.3, 0.4) is 0 Å². The Balaban J connectivity index is 1.45. The Bertz CT molecular complexity index is 1090. The average Bonchev–Trinajstić information content (AvgIpc) is 3.17. The van der Waals surface area contributed by atoms with Gasteiger partial charge in [-0.1, -0.05) is 30.3 Å². The van der Waals surface area contributed by atoms with Gasteiger partial charge in [-0.15, -0.1) is 0 Å². The van der Waals surface area contributed by atoms with Crippen LogP contribution in [0.4, 0.5) is 16.2 Å². The standard InChI is InChI=1S/C28H37N5O4/c1-37-28(36)31-24-19-21(27(35)30-23-11-9-22(29)10-12-23)8-13-25(24)32-14-5-15-33(17-16-32)26(34)18-20-6-3-2-4-7-20/h2-4,6-8,13,19,22-23H,5,9-12,14-18,29H2,1H3,(H,30,35)(H,31,36). The van der Waals surface area contributed by atoms with E-state index >= 15 is 0 Å². The van der Waals surface area contributed by atoms with Gasteiger partial charge >= 0.3 is 6.09 Å². The highest BCUT2D eigenvalue weighted by atomic mass is 16.5. The molecule has 0 bridgehead atoms. The fourth-order valence-corrected chi connectivity index (χ4v) is 5.04. The lowest BCUT2D eigenvalue weighted by Gasteiger charge is -2.28. The molecule has 1 aliphatic heterocycles. The number of nitrogens with one attached hydrogen (secondary N) is 2. The van der Waals surface area contributed by atoms with Crippen molar-refractivity contribution >= 4 is 29.3 Å². The van der Waals surface area contributed by atoms with E-state index in [0.717, 1.165) is 49.9 Å². The smallest absolute Gasteiger partial charge is 0.411 e. The Hall–Kier alpha value is -3.59. The van der Waals surface area contributed by atoms with Crippen molar-refractivity contribution in [3.63, 3.8) is 0 Å². The normalized spacial score (nSPS) is 20.1. The van der Waals surface area contributed by atoms with Gasteiger partial charge in [0, 0.05) is 43.8 Å². The van der Waals surface area contributed by atoms with Gasteiger partial charge in [-0.05, 0) is 55.9 Å². The minimum Gasteiger partial charge on any atom is -0.453 e. The van der Waals surface area contributed by atoms with Crippen LogP contribution in [0.1, 0.15) is 48.0 Å². The number of benzene rings is 2. The molecule has 2 aromatic rings. The Labute approximate surface area is 218 Å². The van der Waals surface area contributed by atoms with Crippen LogP contribution in [0.15, 0.2) is 48.5 Å². The molecule has 4 N–H and O–H groups in total. The number of ether oxygens (including phenoxy) is 1. The summed E-state index contributed by atoms with van der Waals surface area (Å²) in [4.78, 5) is 42.0. The summed E-state index contributed by atoms with van der Waals surface area (Å²) in [6, 6.07) is 15.4. The second-order valence-corrected chi connectivity index (χ2v) is 9.82. The van der Waals surface area contributed by atoms with Gasteiger partial charge in [0.15, 0.2) is 0 Å². The zero-order valence-corrected chi connectivity index (χ0v) is 21.4. The van der Waals surface area contributed by atoms with Gasteiger partial charge in [-0.3, -0.25) is 14.9 Å². The second-order valence-electron chi connectivity index (χ2n) is 9.82. The summed E-state index contributed by atoms with van der Waals surface area (Å²) in [6.07, 6.45) is 4.11. The molecular formula is C28H37N5O4. The Kier molecular flexibility index (Phi) is 9.00. The minimum absolute atomic E-state index is 0.106. The van der Waals surface area contributed by atoms with E-state index in [1.54, 1.807) is 12.1 Å². The van der Waals surface area contributed by atoms with Crippen LogP contribution >= 0.6 is 0 Å². The summed E-state index contributed by atoms with van der Waals surface area (Å²) in [5.41, 5.74) is 8.76. The molecule has 0 spiro atoms. The lowest BCUT2D eigenvalue weighted by molar-refractivity contribution is -0.130. The fourth-order valence-electron chi connectivity index (χ4n) is 5.04. The molecule has 0 radical (unpaired) electrons. The summed E-state index contributed by atoms with van der Waals surface area (Å²) < 4.78 is 4.82. The molecule has 0 unspecified atom stereocenters. The first-order valence-electron chi connectivity index (χ1n) is 13.0. The highest BCUT2D eigenvalue weighted by Crippen LogP contribution is 2.29. The molecule has 37 heavy (non-hydrogen) atoms. The summed E-state index contributed by atoms with van der Waals surface area (Å²) >= 11 is 0. The van der Waals surface area contributed by atoms with Gasteiger partial charge in [-0.25, -0.2) is 4.79 Å². The molecule has 9 nitrogen and oxygen atoms in total. The van der Waals surface area contributed by atoms with Crippen molar-refractivity contribution in [2.75, 3.05) is 43.5 Å². The van der Waals surface area contributed by atoms with Crippen LogP contribution in [0.25, 0.3) is 0 Å². The number of hydrogen-bond acceptors (Lipinski definition) is 6. The van der Waals surface area contributed by atoms with Crippen LogP contribution in [-0.2, 0) is 16.0 Å². The molecule has 4 rings (SSSR count). The van der Waals surface area contributed by atoms with Crippen molar-refractivity contribution in [1.29, 1.82) is 0 Å². The molecular weight excluding hydrogens is 470 g/mol. The van der Waals surface area contributed by atoms with Crippen molar-refractivity contribution in [3.05, 3.63) is 59.7 Å². The van der Waals surface area contributed by atoms with Crippen molar-refractivity contribution in [2.24, 2.45) is 5.73 Å². The predicted molar refractivity (Wildman–Crippen MR) is 144 cm³/mol. The van der Waals surface area contributed by atoms with Crippen LogP contribution in [-0.4, -0.2) is 68.2 Å². The predicted octanol–water partition coefficient (Wildman–Crippen LogP) is 3.15. The lowest BCUT2D eigenvalue weighted by atomic mass is 9.91. The van der Waals surface area contributed by atoms with E-state index in [1.807, 2.05) is 41.3 Å². The summed E-state index contributed by atoms with van der Waals surface area (Å²) in [5, 5.41) is 5.87. The van der Waals surface area contributed by atoms with Gasteiger partial charge in [0.25, 0.3) is 5.91 Å². The summed E-state index contributed by atoms with van der Waals surface area (Å²) in [7, 11) is 1.31. The molecule has 9 heteroatoms. The van der Waals surface area contributed by atoms with Crippen molar-refractivity contribution in [2.45, 2.75) is 50.6 Å². The van der Waals surface area contributed by atoms with E-state index in [-0.39, 0.29) is 23.9 Å². The monoisotopic (exact) mass is 507 g/mol. The van der Waals surface area contributed by atoms with E-state index in [9.17, 15) is 14.4 Å². The maximum absolute atomic E-state index is 13.0. The fraction of sp³-hybridized carbons (Fsp3) is 0.464. The molecule has 0 atom stereocenters. The van der Waals surface area contributed by atoms with E-state index in [0.29, 0.717) is 37.3 Å². The Morgan fingerprint density at radius 2 is 1.73 bits per heavy atom. The van der Waals surface area contributed by atoms with E-state index in [2.05, 4.69) is 15.5 Å². The molecule has 1 saturated heterocycles. The van der Waals surface area contributed by atoms with Gasteiger partial charge < -0.3 is 25.6 Å². The summed E-state index contributed by atoms with van der Waals surface area (Å²) in [5.74, 6) is -0.0647. The number of amides is 3. The third kappa shape index (κ3) is 7.22. The number of nitrogens with zero attached hydrogens (tertiary/aromatic N) is 2. The molecule has 1 aliphatic carbocycles. The lowest BCUT2D eigenvalue weighted by Crippen LogP contribution is -2.40. The Morgan fingerprint density at radius 1 is 0.973 bits per heavy atom. The van der Waals surface area contributed by atoms with Crippen LogP contribution in [0.5, 0.6) is 0 Å². The molecule has 0 aromatic heterocycles. The maximum Gasteiger partial charge on any atom is 0.411 e. The van der Waals surface area contributed by atoms with Gasteiger partial charge in [0.2, 0.25) is 5.91 Å². The van der Waals surface area contributed by atoms with E-state index in [4.69, 9.17) is 10.5 Å². The number of methoxy groups -OCH3 is 1. The topological polar surface area (TPSA) is 117 Å². The molecule has 2 aliphatic rings. The van der Waals surface area contributed by atoms with Gasteiger partial charge in [0.05, 0.1) is 24.9 Å². The van der Waals surface area contributed by atoms with Gasteiger partial charge in [0.1, 0.15) is 0 Å². The number of carbonyl (C=O) groups excluding carboxylic acids is 3. The number of anilines is 2. The molecule has 2 fully saturated rings. The third-order valence-corrected chi connectivity index (χ3v) is 7.18. The van der Waals surface area contributed by atoms with Crippen LogP contribution in [0, 0.1) is 0 Å². The molecule has 3 amide bonds.